The highest BCUT2D eigenvalue weighted by atomic mass is 19.4. The molecule has 0 radical (unpaired) electrons. The third-order valence-corrected chi connectivity index (χ3v) is 8.94. The SMILES string of the molecule is CCOc1ncccc1-c1ccc(N2CCC3(CCC(Nc4ccc(F)cc4C(F)(F)F)C3)C2)c(C(=O)NC2CN(C)C2)n1. The quantitative estimate of drug-likeness (QED) is 0.321. The zero-order valence-corrected chi connectivity index (χ0v) is 24.8. The van der Waals surface area contributed by atoms with Crippen LogP contribution in [0.15, 0.2) is 48.7 Å². The van der Waals surface area contributed by atoms with Crippen molar-refractivity contribution in [2.24, 2.45) is 5.41 Å². The Morgan fingerprint density at radius 3 is 2.70 bits per heavy atom. The lowest BCUT2D eigenvalue weighted by atomic mass is 9.85. The van der Waals surface area contributed by atoms with Crippen LogP contribution < -0.4 is 20.3 Å². The Labute approximate surface area is 253 Å². The van der Waals surface area contributed by atoms with Crippen LogP contribution >= 0.6 is 0 Å². The van der Waals surface area contributed by atoms with Gasteiger partial charge >= 0.3 is 6.18 Å². The number of carbonyl (C=O) groups is 1. The van der Waals surface area contributed by atoms with Crippen LogP contribution in [-0.2, 0) is 6.18 Å². The summed E-state index contributed by atoms with van der Waals surface area (Å²) in [7, 11) is 2.00. The molecule has 12 heteroatoms. The maximum Gasteiger partial charge on any atom is 0.418 e. The molecule has 2 unspecified atom stereocenters. The molecule has 8 nitrogen and oxygen atoms in total. The van der Waals surface area contributed by atoms with Gasteiger partial charge < -0.3 is 25.2 Å². The van der Waals surface area contributed by atoms with Crippen molar-refractivity contribution in [1.29, 1.82) is 0 Å². The average Bonchev–Trinajstić information content (AvgIpc) is 3.58. The summed E-state index contributed by atoms with van der Waals surface area (Å²) in [6.07, 6.45) is 0.0369. The predicted molar refractivity (Wildman–Crippen MR) is 159 cm³/mol. The van der Waals surface area contributed by atoms with Crippen LogP contribution in [0.5, 0.6) is 5.88 Å². The van der Waals surface area contributed by atoms with Gasteiger partial charge in [-0.3, -0.25) is 4.79 Å². The van der Waals surface area contributed by atoms with Crippen LogP contribution in [0.3, 0.4) is 0 Å². The molecular weight excluding hydrogens is 576 g/mol. The first-order chi connectivity index (χ1) is 21.0. The van der Waals surface area contributed by atoms with Crippen molar-refractivity contribution in [3.05, 3.63) is 65.7 Å². The van der Waals surface area contributed by atoms with Crippen LogP contribution in [0.2, 0.25) is 0 Å². The molecule has 44 heavy (non-hydrogen) atoms. The van der Waals surface area contributed by atoms with E-state index >= 15 is 0 Å². The number of aromatic nitrogens is 2. The number of pyridine rings is 2. The van der Waals surface area contributed by atoms with E-state index in [0.717, 1.165) is 37.7 Å². The zero-order valence-electron chi connectivity index (χ0n) is 24.8. The summed E-state index contributed by atoms with van der Waals surface area (Å²) < 4.78 is 60.1. The number of carbonyl (C=O) groups excluding carboxylic acids is 1. The third-order valence-electron chi connectivity index (χ3n) is 8.94. The molecule has 2 atom stereocenters. The van der Waals surface area contributed by atoms with E-state index in [1.54, 1.807) is 12.3 Å². The predicted octanol–water partition coefficient (Wildman–Crippen LogP) is 5.61. The summed E-state index contributed by atoms with van der Waals surface area (Å²) in [5.74, 6) is -0.718. The Hall–Kier alpha value is -3.93. The van der Waals surface area contributed by atoms with E-state index in [2.05, 4.69) is 25.4 Å². The third kappa shape index (κ3) is 6.17. The van der Waals surface area contributed by atoms with Gasteiger partial charge in [0.25, 0.3) is 5.91 Å². The van der Waals surface area contributed by atoms with Gasteiger partial charge in [0.05, 0.1) is 35.2 Å². The highest BCUT2D eigenvalue weighted by molar-refractivity contribution is 5.99. The number of hydrogen-bond donors (Lipinski definition) is 2. The Bertz CT molecular complexity index is 1530. The Morgan fingerprint density at radius 1 is 1.14 bits per heavy atom. The number of likely N-dealkylation sites (N-methyl/N-ethyl adjacent to an activating group) is 1. The van der Waals surface area contributed by atoms with Gasteiger partial charge in [0.15, 0.2) is 5.69 Å². The van der Waals surface area contributed by atoms with Gasteiger partial charge in [-0.1, -0.05) is 0 Å². The smallest absolute Gasteiger partial charge is 0.418 e. The van der Waals surface area contributed by atoms with Gasteiger partial charge in [0, 0.05) is 44.1 Å². The minimum atomic E-state index is -4.66. The van der Waals surface area contributed by atoms with Crippen LogP contribution in [0.4, 0.5) is 28.9 Å². The van der Waals surface area contributed by atoms with Gasteiger partial charge in [-0.15, -0.1) is 0 Å². The maximum absolute atomic E-state index is 13.6. The molecule has 1 aromatic carbocycles. The number of hydrogen-bond acceptors (Lipinski definition) is 7. The molecule has 2 aliphatic heterocycles. The second-order valence-electron chi connectivity index (χ2n) is 12.2. The fourth-order valence-corrected chi connectivity index (χ4v) is 6.84. The van der Waals surface area contributed by atoms with E-state index in [4.69, 9.17) is 9.72 Å². The number of nitrogens with one attached hydrogen (secondary N) is 2. The van der Waals surface area contributed by atoms with E-state index in [-0.39, 0.29) is 29.1 Å². The normalized spacial score (nSPS) is 22.3. The number of likely N-dealkylation sites (tertiary alicyclic amines) is 1. The molecule has 0 bridgehead atoms. The number of amides is 1. The van der Waals surface area contributed by atoms with Crippen molar-refractivity contribution < 1.29 is 27.1 Å². The summed E-state index contributed by atoms with van der Waals surface area (Å²) in [5, 5.41) is 6.17. The van der Waals surface area contributed by atoms with Gasteiger partial charge in [-0.25, -0.2) is 14.4 Å². The van der Waals surface area contributed by atoms with Crippen LogP contribution in [0.25, 0.3) is 11.3 Å². The Morgan fingerprint density at radius 2 is 1.95 bits per heavy atom. The van der Waals surface area contributed by atoms with Crippen LogP contribution in [0.1, 0.15) is 48.7 Å². The van der Waals surface area contributed by atoms with Crippen molar-refractivity contribution in [3.8, 4) is 17.1 Å². The standard InChI is InChI=1S/C32H36F4N6O2/c1-3-44-30-23(5-4-13-37-30)25-8-9-27(28(40-25)29(43)39-22-17-41(2)18-22)42-14-12-31(19-42)11-10-21(16-31)38-26-7-6-20(33)15-24(26)32(34,35)36/h4-9,13,15,21-22,38H,3,10-12,14,16-19H2,1-2H3,(H,39,43). The van der Waals surface area contributed by atoms with Crippen molar-refractivity contribution in [2.75, 3.05) is 50.1 Å². The van der Waals surface area contributed by atoms with E-state index in [1.807, 2.05) is 32.2 Å². The zero-order chi connectivity index (χ0) is 31.1. The average molecular weight is 613 g/mol. The molecule has 3 aromatic rings. The second kappa shape index (κ2) is 11.9. The van der Waals surface area contributed by atoms with E-state index in [0.29, 0.717) is 61.4 Å². The van der Waals surface area contributed by atoms with Gasteiger partial charge in [-0.2, -0.15) is 13.2 Å². The molecule has 3 aliphatic rings. The monoisotopic (exact) mass is 612 g/mol. The van der Waals surface area contributed by atoms with E-state index in [9.17, 15) is 22.4 Å². The highest BCUT2D eigenvalue weighted by Gasteiger charge is 2.45. The Kier molecular flexibility index (Phi) is 8.12. The first-order valence-corrected chi connectivity index (χ1v) is 15.0. The molecule has 6 rings (SSSR count). The van der Waals surface area contributed by atoms with E-state index in [1.165, 1.54) is 6.07 Å². The molecule has 1 saturated carbocycles. The molecule has 3 fully saturated rings. The summed E-state index contributed by atoms with van der Waals surface area (Å²) >= 11 is 0. The number of anilines is 2. The lowest BCUT2D eigenvalue weighted by Gasteiger charge is -2.36. The number of rotatable bonds is 8. The number of alkyl halides is 3. The molecule has 2 aromatic heterocycles. The largest absolute Gasteiger partial charge is 0.477 e. The van der Waals surface area contributed by atoms with Crippen LogP contribution in [0, 0.1) is 11.2 Å². The maximum atomic E-state index is 13.6. The summed E-state index contributed by atoms with van der Waals surface area (Å²) in [5.41, 5.74) is 1.12. The van der Waals surface area contributed by atoms with Gasteiger partial charge in [0.1, 0.15) is 5.82 Å². The van der Waals surface area contributed by atoms with Crippen molar-refractivity contribution in [2.45, 2.75) is 50.9 Å². The first kappa shape index (κ1) is 30.1. The molecule has 4 heterocycles. The lowest BCUT2D eigenvalue weighted by Crippen LogP contribution is -2.57. The molecule has 1 aliphatic carbocycles. The topological polar surface area (TPSA) is 82.6 Å². The lowest BCUT2D eigenvalue weighted by molar-refractivity contribution is -0.137. The second-order valence-corrected chi connectivity index (χ2v) is 12.2. The summed E-state index contributed by atoms with van der Waals surface area (Å²) in [4.78, 5) is 27.1. The number of halogens is 4. The number of benzene rings is 1. The van der Waals surface area contributed by atoms with Crippen molar-refractivity contribution in [1.82, 2.24) is 20.2 Å². The summed E-state index contributed by atoms with van der Waals surface area (Å²) in [6, 6.07) is 10.1. The molecular formula is C32H36F4N6O2. The van der Waals surface area contributed by atoms with Gasteiger partial charge in [0.2, 0.25) is 5.88 Å². The fraction of sp³-hybridized carbons (Fsp3) is 0.469. The summed E-state index contributed by atoms with van der Waals surface area (Å²) in [6.45, 7) is 5.21. The van der Waals surface area contributed by atoms with Gasteiger partial charge in [-0.05, 0) is 87.5 Å². The minimum Gasteiger partial charge on any atom is -0.477 e. The number of ether oxygens (including phenoxy) is 1. The molecule has 1 amide bonds. The number of nitrogens with zero attached hydrogens (tertiary/aromatic N) is 4. The fourth-order valence-electron chi connectivity index (χ4n) is 6.84. The molecule has 234 valence electrons. The minimum absolute atomic E-state index is 0.0443. The molecule has 2 N–H and O–H groups in total. The first-order valence-electron chi connectivity index (χ1n) is 15.0. The van der Waals surface area contributed by atoms with Crippen molar-refractivity contribution in [3.63, 3.8) is 0 Å². The molecule has 2 saturated heterocycles. The van der Waals surface area contributed by atoms with Crippen LogP contribution in [-0.4, -0.2) is 72.7 Å². The van der Waals surface area contributed by atoms with Crippen molar-refractivity contribution >= 4 is 17.3 Å². The highest BCUT2D eigenvalue weighted by Crippen LogP contribution is 2.48. The Balaban J connectivity index is 1.23. The van der Waals surface area contributed by atoms with E-state index < -0.39 is 17.6 Å². The molecule has 1 spiro atoms.